The monoisotopic (exact) mass is 299 g/mol. The second kappa shape index (κ2) is 6.04. The summed E-state index contributed by atoms with van der Waals surface area (Å²) >= 11 is 11.7. The fourth-order valence-corrected chi connectivity index (χ4v) is 1.98. The van der Waals surface area contributed by atoms with Gasteiger partial charge in [0, 0.05) is 24.9 Å². The van der Waals surface area contributed by atoms with Gasteiger partial charge >= 0.3 is 0 Å². The van der Waals surface area contributed by atoms with Crippen LogP contribution in [0.25, 0.3) is 0 Å². The van der Waals surface area contributed by atoms with Crippen molar-refractivity contribution in [3.05, 3.63) is 45.6 Å². The van der Waals surface area contributed by atoms with Crippen molar-refractivity contribution in [3.63, 3.8) is 0 Å². The summed E-state index contributed by atoms with van der Waals surface area (Å²) in [5.41, 5.74) is 0.382. The molecule has 1 heterocycles. The molecular weight excluding hydrogens is 289 g/mol. The van der Waals surface area contributed by atoms with Crippen LogP contribution in [0.1, 0.15) is 22.1 Å². The number of hydrogen-bond acceptors (Lipinski definition) is 4. The number of carbonyl (C=O) groups excluding carboxylic acids is 1. The molecule has 5 nitrogen and oxygen atoms in total. The zero-order valence-electron chi connectivity index (χ0n) is 10.1. The van der Waals surface area contributed by atoms with Gasteiger partial charge in [0.05, 0.1) is 10.6 Å². The third-order valence-corrected chi connectivity index (χ3v) is 2.92. The molecule has 0 aliphatic rings. The van der Waals surface area contributed by atoms with Crippen LogP contribution in [-0.2, 0) is 6.42 Å². The van der Waals surface area contributed by atoms with Crippen molar-refractivity contribution in [1.82, 2.24) is 15.5 Å². The highest BCUT2D eigenvalue weighted by atomic mass is 35.5. The van der Waals surface area contributed by atoms with Gasteiger partial charge in [-0.1, -0.05) is 23.2 Å². The number of aromatic nitrogens is 2. The Balaban J connectivity index is 1.90. The van der Waals surface area contributed by atoms with Crippen LogP contribution in [0.3, 0.4) is 0 Å². The largest absolute Gasteiger partial charge is 0.426 e. The maximum absolute atomic E-state index is 11.9. The first-order chi connectivity index (χ1) is 9.06. The predicted molar refractivity (Wildman–Crippen MR) is 71.5 cm³/mol. The lowest BCUT2D eigenvalue weighted by Gasteiger charge is -2.05. The Morgan fingerprint density at radius 2 is 2.16 bits per heavy atom. The molecule has 1 N–H and O–H groups in total. The fourth-order valence-electron chi connectivity index (χ4n) is 1.49. The Morgan fingerprint density at radius 1 is 1.37 bits per heavy atom. The SMILES string of the molecule is Cc1nnc(CCNC(=O)c2ccc(Cl)cc2Cl)o1. The molecule has 0 fully saturated rings. The van der Waals surface area contributed by atoms with Crippen molar-refractivity contribution in [2.75, 3.05) is 6.54 Å². The summed E-state index contributed by atoms with van der Waals surface area (Å²) in [4.78, 5) is 11.9. The number of nitrogens with one attached hydrogen (secondary N) is 1. The Kier molecular flexibility index (Phi) is 4.39. The molecule has 0 saturated carbocycles. The molecule has 0 bridgehead atoms. The summed E-state index contributed by atoms with van der Waals surface area (Å²) in [6.07, 6.45) is 0.470. The van der Waals surface area contributed by atoms with E-state index in [1.807, 2.05) is 0 Å². The molecule has 0 aliphatic carbocycles. The van der Waals surface area contributed by atoms with E-state index >= 15 is 0 Å². The summed E-state index contributed by atoms with van der Waals surface area (Å²) in [6.45, 7) is 2.10. The summed E-state index contributed by atoms with van der Waals surface area (Å²) < 4.78 is 5.19. The summed E-state index contributed by atoms with van der Waals surface area (Å²) in [7, 11) is 0. The Labute approximate surface area is 119 Å². The number of carbonyl (C=O) groups is 1. The van der Waals surface area contributed by atoms with Gasteiger partial charge in [-0.3, -0.25) is 4.79 Å². The topological polar surface area (TPSA) is 68.0 Å². The van der Waals surface area contributed by atoms with Crippen LogP contribution < -0.4 is 5.32 Å². The van der Waals surface area contributed by atoms with Crippen LogP contribution in [0.15, 0.2) is 22.6 Å². The fraction of sp³-hybridized carbons (Fsp3) is 0.250. The quantitative estimate of drug-likeness (QED) is 0.942. The lowest BCUT2D eigenvalue weighted by Crippen LogP contribution is -2.26. The van der Waals surface area contributed by atoms with Gasteiger partial charge in [-0.05, 0) is 18.2 Å². The van der Waals surface area contributed by atoms with Gasteiger partial charge in [-0.2, -0.15) is 0 Å². The van der Waals surface area contributed by atoms with E-state index in [1.165, 1.54) is 6.07 Å². The molecule has 1 amide bonds. The minimum atomic E-state index is -0.266. The molecule has 0 aliphatic heterocycles. The molecule has 0 radical (unpaired) electrons. The first-order valence-electron chi connectivity index (χ1n) is 5.58. The second-order valence-corrected chi connectivity index (χ2v) is 4.69. The molecule has 19 heavy (non-hydrogen) atoms. The normalized spacial score (nSPS) is 10.5. The first-order valence-corrected chi connectivity index (χ1v) is 6.34. The average Bonchev–Trinajstić information content (AvgIpc) is 2.75. The van der Waals surface area contributed by atoms with Crippen molar-refractivity contribution in [1.29, 1.82) is 0 Å². The van der Waals surface area contributed by atoms with E-state index in [9.17, 15) is 4.79 Å². The van der Waals surface area contributed by atoms with Crippen LogP contribution in [0.5, 0.6) is 0 Å². The molecule has 0 saturated heterocycles. The van der Waals surface area contributed by atoms with Crippen LogP contribution >= 0.6 is 23.2 Å². The standard InChI is InChI=1S/C12H11Cl2N3O2/c1-7-16-17-11(19-7)4-5-15-12(18)9-3-2-8(13)6-10(9)14/h2-3,6H,4-5H2,1H3,(H,15,18). The highest BCUT2D eigenvalue weighted by Gasteiger charge is 2.10. The zero-order chi connectivity index (χ0) is 13.8. The van der Waals surface area contributed by atoms with E-state index < -0.39 is 0 Å². The number of aryl methyl sites for hydroxylation is 1. The molecule has 1 aromatic carbocycles. The summed E-state index contributed by atoms with van der Waals surface area (Å²) in [5, 5.41) is 11.1. The summed E-state index contributed by atoms with van der Waals surface area (Å²) in [6, 6.07) is 4.72. The van der Waals surface area contributed by atoms with Gasteiger partial charge in [-0.25, -0.2) is 0 Å². The lowest BCUT2D eigenvalue weighted by molar-refractivity contribution is 0.0954. The van der Waals surface area contributed by atoms with Crippen molar-refractivity contribution in [2.24, 2.45) is 0 Å². The van der Waals surface area contributed by atoms with Crippen LogP contribution in [0.2, 0.25) is 10.0 Å². The van der Waals surface area contributed by atoms with Gasteiger partial charge in [0.1, 0.15) is 0 Å². The molecule has 2 aromatic rings. The van der Waals surface area contributed by atoms with Crippen molar-refractivity contribution >= 4 is 29.1 Å². The smallest absolute Gasteiger partial charge is 0.252 e. The van der Waals surface area contributed by atoms with E-state index in [1.54, 1.807) is 19.1 Å². The first kappa shape index (κ1) is 13.8. The Bertz CT molecular complexity index is 598. The number of nitrogens with zero attached hydrogens (tertiary/aromatic N) is 2. The third kappa shape index (κ3) is 3.68. The van der Waals surface area contributed by atoms with Crippen molar-refractivity contribution in [2.45, 2.75) is 13.3 Å². The lowest BCUT2D eigenvalue weighted by atomic mass is 10.2. The highest BCUT2D eigenvalue weighted by Crippen LogP contribution is 2.20. The number of hydrogen-bond donors (Lipinski definition) is 1. The minimum Gasteiger partial charge on any atom is -0.426 e. The van der Waals surface area contributed by atoms with Gasteiger partial charge in [0.2, 0.25) is 11.8 Å². The molecule has 0 unspecified atom stereocenters. The molecule has 1 aromatic heterocycles. The molecule has 100 valence electrons. The second-order valence-electron chi connectivity index (χ2n) is 3.84. The van der Waals surface area contributed by atoms with E-state index in [4.69, 9.17) is 27.6 Å². The zero-order valence-corrected chi connectivity index (χ0v) is 11.6. The van der Waals surface area contributed by atoms with Gasteiger partial charge < -0.3 is 9.73 Å². The van der Waals surface area contributed by atoms with E-state index in [-0.39, 0.29) is 5.91 Å². The molecular formula is C12H11Cl2N3O2. The minimum absolute atomic E-state index is 0.266. The van der Waals surface area contributed by atoms with Crippen LogP contribution in [0, 0.1) is 6.92 Å². The van der Waals surface area contributed by atoms with E-state index in [2.05, 4.69) is 15.5 Å². The number of benzene rings is 1. The maximum atomic E-state index is 11.9. The predicted octanol–water partition coefficient (Wildman–Crippen LogP) is 2.66. The van der Waals surface area contributed by atoms with Gasteiger partial charge in [-0.15, -0.1) is 10.2 Å². The number of amides is 1. The van der Waals surface area contributed by atoms with Crippen LogP contribution in [0.4, 0.5) is 0 Å². The molecule has 0 spiro atoms. The van der Waals surface area contributed by atoms with Crippen molar-refractivity contribution < 1.29 is 9.21 Å². The van der Waals surface area contributed by atoms with Gasteiger partial charge in [0.15, 0.2) is 0 Å². The molecule has 2 rings (SSSR count). The van der Waals surface area contributed by atoms with Crippen LogP contribution in [-0.4, -0.2) is 22.6 Å². The van der Waals surface area contributed by atoms with E-state index in [0.29, 0.717) is 40.4 Å². The highest BCUT2D eigenvalue weighted by molar-refractivity contribution is 6.36. The Hall–Kier alpha value is -1.59. The molecule has 7 heteroatoms. The maximum Gasteiger partial charge on any atom is 0.252 e. The average molecular weight is 300 g/mol. The number of halogens is 2. The summed E-state index contributed by atoms with van der Waals surface area (Å²) in [5.74, 6) is 0.722. The van der Waals surface area contributed by atoms with Gasteiger partial charge in [0.25, 0.3) is 5.91 Å². The third-order valence-electron chi connectivity index (χ3n) is 2.37. The molecule has 0 atom stereocenters. The van der Waals surface area contributed by atoms with E-state index in [0.717, 1.165) is 0 Å². The Morgan fingerprint density at radius 3 is 2.79 bits per heavy atom. The number of rotatable bonds is 4. The van der Waals surface area contributed by atoms with Crippen molar-refractivity contribution in [3.8, 4) is 0 Å².